The molecule has 6 rings (SSSR count). The number of nitrogens with two attached hydrogens (primary N) is 1. The number of carbonyl (C=O) groups excluding carboxylic acids is 1. The van der Waals surface area contributed by atoms with Gasteiger partial charge in [-0.25, -0.2) is 14.6 Å². The van der Waals surface area contributed by atoms with Crippen molar-refractivity contribution in [1.82, 2.24) is 29.5 Å². The highest BCUT2D eigenvalue weighted by Crippen LogP contribution is 2.42. The summed E-state index contributed by atoms with van der Waals surface area (Å²) in [5.74, 6) is 1.21. The van der Waals surface area contributed by atoms with Gasteiger partial charge in [-0.15, -0.1) is 11.3 Å². The van der Waals surface area contributed by atoms with Crippen LogP contribution in [-0.2, 0) is 9.53 Å². The Morgan fingerprint density at radius 1 is 1.24 bits per heavy atom. The molecule has 37 heavy (non-hydrogen) atoms. The number of ether oxygens (including phenoxy) is 2. The molecule has 0 unspecified atom stereocenters. The van der Waals surface area contributed by atoms with E-state index >= 15 is 0 Å². The van der Waals surface area contributed by atoms with Crippen molar-refractivity contribution in [3.05, 3.63) is 42.2 Å². The van der Waals surface area contributed by atoms with Crippen LogP contribution in [0.4, 0.5) is 5.82 Å². The normalized spacial score (nSPS) is 16.9. The number of carbonyl (C=O) groups is 1. The van der Waals surface area contributed by atoms with Gasteiger partial charge in [0.2, 0.25) is 0 Å². The number of fused-ring (bicyclic) bond motifs is 2. The third-order valence-electron chi connectivity index (χ3n) is 7.01. The Hall–Kier alpha value is -3.54. The Balaban J connectivity index is 1.27. The lowest BCUT2D eigenvalue weighted by atomic mass is 10.1. The Morgan fingerprint density at radius 3 is 2.78 bits per heavy atom. The fraction of sp³-hybridized carbons (Fsp3) is 0.385. The van der Waals surface area contributed by atoms with Crippen LogP contribution < -0.4 is 10.5 Å². The van der Waals surface area contributed by atoms with Crippen LogP contribution in [0, 0.1) is 6.92 Å². The summed E-state index contributed by atoms with van der Waals surface area (Å²) in [4.78, 5) is 26.7. The summed E-state index contributed by atoms with van der Waals surface area (Å²) < 4.78 is 14.0. The number of benzene rings is 1. The van der Waals surface area contributed by atoms with E-state index in [1.165, 1.54) is 6.33 Å². The quantitative estimate of drug-likeness (QED) is 0.387. The SMILES string of the molecule is C=C(CN1CCOCC1)C(=O)N1CC(n2nc(-c3cc4cc(C)cc(OC)c4s3)c3c(N)ncnc32)C1. The van der Waals surface area contributed by atoms with Gasteiger partial charge in [-0.3, -0.25) is 9.69 Å². The number of rotatable bonds is 6. The number of morpholine rings is 1. The molecule has 0 atom stereocenters. The van der Waals surface area contributed by atoms with Crippen molar-refractivity contribution in [3.63, 3.8) is 0 Å². The van der Waals surface area contributed by atoms with Crippen molar-refractivity contribution >= 4 is 44.2 Å². The van der Waals surface area contributed by atoms with Gasteiger partial charge in [0.1, 0.15) is 23.6 Å². The van der Waals surface area contributed by atoms with Gasteiger partial charge in [0, 0.05) is 38.3 Å². The number of amides is 1. The van der Waals surface area contributed by atoms with Crippen LogP contribution in [0.15, 0.2) is 36.7 Å². The molecule has 0 radical (unpaired) electrons. The van der Waals surface area contributed by atoms with E-state index in [-0.39, 0.29) is 11.9 Å². The van der Waals surface area contributed by atoms with E-state index in [1.807, 2.05) is 15.6 Å². The van der Waals surface area contributed by atoms with Crippen molar-refractivity contribution in [2.45, 2.75) is 13.0 Å². The maximum absolute atomic E-state index is 13.0. The van der Waals surface area contributed by atoms with Gasteiger partial charge in [0.05, 0.1) is 41.3 Å². The van der Waals surface area contributed by atoms with E-state index in [9.17, 15) is 4.79 Å². The Kier molecular flexibility index (Phi) is 6.06. The number of aryl methyl sites for hydroxylation is 1. The standard InChI is InChI=1S/C26H29N7O3S/c1-15-8-17-10-20(37-23(17)19(9-15)35-3)22-21-24(27)28-14-29-25(21)33(30-22)18-12-32(13-18)26(34)16(2)11-31-4-6-36-7-5-31/h8-10,14,18H,2,4-7,11-13H2,1,3H3,(H2,27,28,29). The summed E-state index contributed by atoms with van der Waals surface area (Å²) in [5.41, 5.74) is 9.48. The molecule has 0 aliphatic carbocycles. The number of likely N-dealkylation sites (tertiary alicyclic amines) is 1. The zero-order valence-electron chi connectivity index (χ0n) is 20.9. The molecule has 2 fully saturated rings. The number of thiophene rings is 1. The highest BCUT2D eigenvalue weighted by molar-refractivity contribution is 7.22. The monoisotopic (exact) mass is 519 g/mol. The van der Waals surface area contributed by atoms with Gasteiger partial charge in [0.25, 0.3) is 5.91 Å². The molecule has 5 heterocycles. The maximum Gasteiger partial charge on any atom is 0.250 e. The first-order valence-corrected chi connectivity index (χ1v) is 13.1. The van der Waals surface area contributed by atoms with Gasteiger partial charge >= 0.3 is 0 Å². The molecular weight excluding hydrogens is 490 g/mol. The van der Waals surface area contributed by atoms with Gasteiger partial charge in [0.15, 0.2) is 5.65 Å². The first kappa shape index (κ1) is 23.8. The molecular formula is C26H29N7O3S. The Bertz CT molecular complexity index is 1520. The van der Waals surface area contributed by atoms with Gasteiger partial charge in [-0.05, 0) is 30.0 Å². The largest absolute Gasteiger partial charge is 0.495 e. The van der Waals surface area contributed by atoms with E-state index in [2.05, 4.69) is 40.5 Å². The third-order valence-corrected chi connectivity index (χ3v) is 8.19. The molecule has 0 saturated carbocycles. The molecule has 0 bridgehead atoms. The molecule has 1 aromatic carbocycles. The molecule has 1 amide bonds. The summed E-state index contributed by atoms with van der Waals surface area (Å²) in [6.07, 6.45) is 1.46. The lowest BCUT2D eigenvalue weighted by Gasteiger charge is -2.40. The van der Waals surface area contributed by atoms with Crippen LogP contribution in [0.3, 0.4) is 0 Å². The molecule has 2 aliphatic heterocycles. The van der Waals surface area contributed by atoms with Gasteiger partial charge in [-0.2, -0.15) is 5.10 Å². The fourth-order valence-electron chi connectivity index (χ4n) is 5.05. The topological polar surface area (TPSA) is 112 Å². The first-order valence-electron chi connectivity index (χ1n) is 12.3. The van der Waals surface area contributed by atoms with Crippen LogP contribution in [0.25, 0.3) is 31.7 Å². The summed E-state index contributed by atoms with van der Waals surface area (Å²) in [7, 11) is 1.68. The number of hydrogen-bond donors (Lipinski definition) is 1. The summed E-state index contributed by atoms with van der Waals surface area (Å²) in [6, 6.07) is 6.27. The van der Waals surface area contributed by atoms with E-state index in [0.29, 0.717) is 49.9 Å². The molecule has 10 nitrogen and oxygen atoms in total. The first-order chi connectivity index (χ1) is 17.9. The average molecular weight is 520 g/mol. The van der Waals surface area contributed by atoms with Crippen molar-refractivity contribution in [3.8, 4) is 16.3 Å². The van der Waals surface area contributed by atoms with Crippen molar-refractivity contribution in [2.75, 3.05) is 58.8 Å². The lowest BCUT2D eigenvalue weighted by molar-refractivity contribution is -0.133. The van der Waals surface area contributed by atoms with Gasteiger partial charge in [-0.1, -0.05) is 12.6 Å². The lowest BCUT2D eigenvalue weighted by Crippen LogP contribution is -2.52. The van der Waals surface area contributed by atoms with Gasteiger partial charge < -0.3 is 20.1 Å². The number of aromatic nitrogens is 4. The number of nitrogens with zero attached hydrogens (tertiary/aromatic N) is 6. The fourth-order valence-corrected chi connectivity index (χ4v) is 6.18. The highest BCUT2D eigenvalue weighted by Gasteiger charge is 2.36. The second kappa shape index (κ2) is 9.40. The minimum absolute atomic E-state index is 0.00292. The number of methoxy groups -OCH3 is 1. The number of hydrogen-bond acceptors (Lipinski definition) is 9. The highest BCUT2D eigenvalue weighted by atomic mass is 32.1. The van der Waals surface area contributed by atoms with Crippen molar-refractivity contribution in [2.24, 2.45) is 0 Å². The molecule has 0 spiro atoms. The van der Waals surface area contributed by atoms with Crippen LogP contribution >= 0.6 is 11.3 Å². The number of anilines is 1. The molecule has 3 aromatic heterocycles. The van der Waals surface area contributed by atoms with E-state index in [0.717, 1.165) is 50.4 Å². The number of nitrogen functional groups attached to an aromatic ring is 1. The van der Waals surface area contributed by atoms with E-state index in [1.54, 1.807) is 18.4 Å². The molecule has 11 heteroatoms. The van der Waals surface area contributed by atoms with Crippen molar-refractivity contribution < 1.29 is 14.3 Å². The Labute approximate surface area is 218 Å². The van der Waals surface area contributed by atoms with Crippen LogP contribution in [0.5, 0.6) is 5.75 Å². The van der Waals surface area contributed by atoms with Crippen molar-refractivity contribution in [1.29, 1.82) is 0 Å². The minimum atomic E-state index is -0.0134. The zero-order valence-corrected chi connectivity index (χ0v) is 21.8. The van der Waals surface area contributed by atoms with Crippen LogP contribution in [0.1, 0.15) is 11.6 Å². The summed E-state index contributed by atoms with van der Waals surface area (Å²) in [6.45, 7) is 10.8. The van der Waals surface area contributed by atoms with E-state index in [4.69, 9.17) is 20.3 Å². The molecule has 2 N–H and O–H groups in total. The second-order valence-electron chi connectivity index (χ2n) is 9.60. The average Bonchev–Trinajstić information content (AvgIpc) is 3.46. The third kappa shape index (κ3) is 4.22. The molecule has 4 aromatic rings. The predicted molar refractivity (Wildman–Crippen MR) is 144 cm³/mol. The molecule has 2 saturated heterocycles. The summed E-state index contributed by atoms with van der Waals surface area (Å²) in [5, 5.41) is 6.79. The second-order valence-corrected chi connectivity index (χ2v) is 10.7. The minimum Gasteiger partial charge on any atom is -0.495 e. The predicted octanol–water partition coefficient (Wildman–Crippen LogP) is 2.88. The zero-order chi connectivity index (χ0) is 25.7. The Morgan fingerprint density at radius 2 is 2.03 bits per heavy atom. The van der Waals surface area contributed by atoms with Crippen LogP contribution in [0.2, 0.25) is 0 Å². The maximum atomic E-state index is 13.0. The molecule has 2 aliphatic rings. The van der Waals surface area contributed by atoms with E-state index < -0.39 is 0 Å². The van der Waals surface area contributed by atoms with Crippen LogP contribution in [-0.4, -0.2) is 88.5 Å². The summed E-state index contributed by atoms with van der Waals surface area (Å²) >= 11 is 1.61. The molecule has 192 valence electrons. The smallest absolute Gasteiger partial charge is 0.250 e.